The fraction of sp³-hybridized carbons (Fsp3) is 0.273. The summed E-state index contributed by atoms with van der Waals surface area (Å²) in [5.41, 5.74) is 2.78. The number of anilines is 2. The Morgan fingerprint density at radius 1 is 0.964 bits per heavy atom. The first-order valence-corrected chi connectivity index (χ1v) is 11.2. The van der Waals surface area contributed by atoms with Gasteiger partial charge in [0.05, 0.1) is 4.90 Å². The zero-order chi connectivity index (χ0) is 19.6. The van der Waals surface area contributed by atoms with Crippen LogP contribution in [-0.2, 0) is 16.4 Å². The minimum absolute atomic E-state index is 0.309. The molecule has 146 valence electrons. The lowest BCUT2D eigenvalue weighted by Gasteiger charge is -2.30. The molecule has 0 aromatic heterocycles. The van der Waals surface area contributed by atoms with Gasteiger partial charge in [0.25, 0.3) is 10.0 Å². The molecule has 5 nitrogen and oxygen atoms in total. The molecule has 0 atom stereocenters. The summed E-state index contributed by atoms with van der Waals surface area (Å²) < 4.78 is 29.1. The van der Waals surface area contributed by atoms with E-state index in [4.69, 9.17) is 0 Å². The molecule has 0 bridgehead atoms. The van der Waals surface area contributed by atoms with Crippen molar-refractivity contribution in [3.8, 4) is 0 Å². The molecule has 1 aliphatic rings. The van der Waals surface area contributed by atoms with Gasteiger partial charge in [0.1, 0.15) is 0 Å². The highest BCUT2D eigenvalue weighted by Gasteiger charge is 2.21. The molecular formula is C22H25N3O2S. The topological polar surface area (TPSA) is 61.4 Å². The number of hydrogen-bond acceptors (Lipinski definition) is 4. The molecule has 2 N–H and O–H groups in total. The van der Waals surface area contributed by atoms with Gasteiger partial charge in [0.15, 0.2) is 0 Å². The van der Waals surface area contributed by atoms with Gasteiger partial charge in [-0.3, -0.25) is 4.72 Å². The summed E-state index contributed by atoms with van der Waals surface area (Å²) in [6.45, 7) is 5.75. The maximum absolute atomic E-state index is 13.2. The first-order chi connectivity index (χ1) is 13.6. The second-order valence-electron chi connectivity index (χ2n) is 7.02. The summed E-state index contributed by atoms with van der Waals surface area (Å²) in [7, 11) is -3.69. The van der Waals surface area contributed by atoms with Gasteiger partial charge in [0, 0.05) is 48.3 Å². The highest BCUT2D eigenvalue weighted by atomic mass is 32.2. The van der Waals surface area contributed by atoms with E-state index < -0.39 is 10.0 Å². The second-order valence-corrected chi connectivity index (χ2v) is 8.68. The molecule has 0 spiro atoms. The van der Waals surface area contributed by atoms with Crippen molar-refractivity contribution in [1.82, 2.24) is 5.32 Å². The van der Waals surface area contributed by atoms with E-state index in [0.29, 0.717) is 10.6 Å². The number of benzene rings is 3. The summed E-state index contributed by atoms with van der Waals surface area (Å²) in [5.74, 6) is 0. The maximum Gasteiger partial charge on any atom is 0.262 e. The van der Waals surface area contributed by atoms with E-state index in [-0.39, 0.29) is 0 Å². The van der Waals surface area contributed by atoms with Crippen molar-refractivity contribution in [3.63, 3.8) is 0 Å². The number of piperazine rings is 1. The smallest absolute Gasteiger partial charge is 0.262 e. The number of hydrogen-bond donors (Lipinski definition) is 2. The monoisotopic (exact) mass is 395 g/mol. The minimum atomic E-state index is -3.69. The van der Waals surface area contributed by atoms with Crippen LogP contribution in [0.1, 0.15) is 12.5 Å². The van der Waals surface area contributed by atoms with E-state index in [1.54, 1.807) is 12.1 Å². The van der Waals surface area contributed by atoms with Crippen molar-refractivity contribution in [2.45, 2.75) is 18.2 Å². The molecule has 0 saturated carbocycles. The Morgan fingerprint density at radius 2 is 1.71 bits per heavy atom. The van der Waals surface area contributed by atoms with Crippen molar-refractivity contribution < 1.29 is 8.42 Å². The average molecular weight is 396 g/mol. The van der Waals surface area contributed by atoms with Crippen molar-refractivity contribution in [2.75, 3.05) is 35.8 Å². The van der Waals surface area contributed by atoms with Gasteiger partial charge >= 0.3 is 0 Å². The number of nitrogens with one attached hydrogen (secondary N) is 2. The SMILES string of the molecule is CCc1cccc(NS(=O)(=O)c2ccc(N3CCNCC3)c3ccccc23)c1. The van der Waals surface area contributed by atoms with Gasteiger partial charge in [-0.05, 0) is 36.2 Å². The quantitative estimate of drug-likeness (QED) is 0.693. The minimum Gasteiger partial charge on any atom is -0.368 e. The molecule has 1 fully saturated rings. The van der Waals surface area contributed by atoms with Crippen molar-refractivity contribution >= 4 is 32.2 Å². The molecule has 0 radical (unpaired) electrons. The summed E-state index contributed by atoms with van der Waals surface area (Å²) in [6.07, 6.45) is 0.859. The zero-order valence-electron chi connectivity index (χ0n) is 16.0. The fourth-order valence-corrected chi connectivity index (χ4v) is 5.00. The second kappa shape index (κ2) is 7.81. The van der Waals surface area contributed by atoms with Crippen LogP contribution in [0.5, 0.6) is 0 Å². The number of rotatable bonds is 5. The maximum atomic E-state index is 13.2. The lowest BCUT2D eigenvalue weighted by atomic mass is 10.1. The Morgan fingerprint density at radius 3 is 2.46 bits per heavy atom. The lowest BCUT2D eigenvalue weighted by Crippen LogP contribution is -2.43. The van der Waals surface area contributed by atoms with Crippen LogP contribution in [0.2, 0.25) is 0 Å². The standard InChI is InChI=1S/C22H25N3O2S/c1-2-17-6-5-7-18(16-17)24-28(26,27)22-11-10-21(25-14-12-23-13-15-25)19-8-3-4-9-20(19)22/h3-11,16,23-24H,2,12-15H2,1H3. The summed E-state index contributed by atoms with van der Waals surface area (Å²) in [6, 6.07) is 18.9. The van der Waals surface area contributed by atoms with E-state index in [0.717, 1.165) is 54.6 Å². The first-order valence-electron chi connectivity index (χ1n) is 9.67. The predicted octanol–water partition coefficient (Wildman–Crippen LogP) is 3.61. The molecule has 3 aromatic carbocycles. The molecule has 0 unspecified atom stereocenters. The first kappa shape index (κ1) is 18.8. The van der Waals surface area contributed by atoms with Crippen LogP contribution >= 0.6 is 0 Å². The van der Waals surface area contributed by atoms with Gasteiger partial charge in [-0.25, -0.2) is 8.42 Å². The van der Waals surface area contributed by atoms with E-state index in [9.17, 15) is 8.42 Å². The van der Waals surface area contributed by atoms with E-state index >= 15 is 0 Å². The highest BCUT2D eigenvalue weighted by Crippen LogP contribution is 2.33. The normalized spacial score (nSPS) is 15.0. The highest BCUT2D eigenvalue weighted by molar-refractivity contribution is 7.93. The van der Waals surface area contributed by atoms with Crippen molar-refractivity contribution in [2.24, 2.45) is 0 Å². The van der Waals surface area contributed by atoms with Crippen LogP contribution < -0.4 is 14.9 Å². The number of nitrogens with zero attached hydrogens (tertiary/aromatic N) is 1. The van der Waals surface area contributed by atoms with Gasteiger partial charge in [-0.15, -0.1) is 0 Å². The van der Waals surface area contributed by atoms with Gasteiger partial charge in [-0.1, -0.05) is 43.3 Å². The van der Waals surface area contributed by atoms with Crippen LogP contribution in [0.15, 0.2) is 65.6 Å². The molecule has 0 amide bonds. The Balaban J connectivity index is 1.75. The summed E-state index contributed by atoms with van der Waals surface area (Å²) in [5, 5.41) is 5.07. The predicted molar refractivity (Wildman–Crippen MR) is 116 cm³/mol. The third kappa shape index (κ3) is 3.70. The lowest BCUT2D eigenvalue weighted by molar-refractivity contribution is 0.590. The molecule has 1 heterocycles. The van der Waals surface area contributed by atoms with Crippen LogP contribution in [-0.4, -0.2) is 34.6 Å². The molecule has 28 heavy (non-hydrogen) atoms. The largest absolute Gasteiger partial charge is 0.368 e. The van der Waals surface area contributed by atoms with E-state index in [1.165, 1.54) is 0 Å². The van der Waals surface area contributed by atoms with E-state index in [2.05, 4.69) is 21.9 Å². The number of aryl methyl sites for hydroxylation is 1. The molecule has 1 aliphatic heterocycles. The molecular weight excluding hydrogens is 370 g/mol. The molecule has 1 saturated heterocycles. The summed E-state index contributed by atoms with van der Waals surface area (Å²) in [4.78, 5) is 2.62. The van der Waals surface area contributed by atoms with E-state index in [1.807, 2.05) is 48.5 Å². The average Bonchev–Trinajstić information content (AvgIpc) is 2.73. The van der Waals surface area contributed by atoms with Crippen LogP contribution in [0.3, 0.4) is 0 Å². The van der Waals surface area contributed by atoms with Gasteiger partial charge in [0.2, 0.25) is 0 Å². The third-order valence-corrected chi connectivity index (χ3v) is 6.64. The third-order valence-electron chi connectivity index (χ3n) is 5.20. The Labute approximate surface area is 166 Å². The molecule has 6 heteroatoms. The van der Waals surface area contributed by atoms with Gasteiger partial charge < -0.3 is 10.2 Å². The zero-order valence-corrected chi connectivity index (χ0v) is 16.8. The molecule has 0 aliphatic carbocycles. The van der Waals surface area contributed by atoms with Gasteiger partial charge in [-0.2, -0.15) is 0 Å². The van der Waals surface area contributed by atoms with Crippen molar-refractivity contribution in [1.29, 1.82) is 0 Å². The van der Waals surface area contributed by atoms with Crippen LogP contribution in [0, 0.1) is 0 Å². The van der Waals surface area contributed by atoms with Crippen LogP contribution in [0.4, 0.5) is 11.4 Å². The molecule has 3 aromatic rings. The summed E-state index contributed by atoms with van der Waals surface area (Å²) >= 11 is 0. The number of fused-ring (bicyclic) bond motifs is 1. The fourth-order valence-electron chi connectivity index (χ4n) is 3.74. The van der Waals surface area contributed by atoms with Crippen LogP contribution in [0.25, 0.3) is 10.8 Å². The Hall–Kier alpha value is -2.57. The van der Waals surface area contributed by atoms with Crippen molar-refractivity contribution in [3.05, 3.63) is 66.2 Å². The Kier molecular flexibility index (Phi) is 5.24. The number of sulfonamides is 1. The Bertz CT molecular complexity index is 1090. The molecule has 4 rings (SSSR count).